The van der Waals surface area contributed by atoms with Crippen LogP contribution in [0.5, 0.6) is 5.75 Å². The third kappa shape index (κ3) is 3.96. The molecule has 1 aliphatic carbocycles. The van der Waals surface area contributed by atoms with E-state index >= 15 is 0 Å². The number of carbonyl (C=O) groups is 2. The van der Waals surface area contributed by atoms with Gasteiger partial charge in [-0.3, -0.25) is 9.59 Å². The minimum Gasteiger partial charge on any atom is -0.483 e. The first kappa shape index (κ1) is 20.6. The molecule has 1 unspecified atom stereocenters. The number of fused-ring (bicyclic) bond motifs is 2. The molecule has 3 aromatic carbocycles. The molecule has 0 fully saturated rings. The molecule has 3 aromatic rings. The van der Waals surface area contributed by atoms with Crippen LogP contribution in [0.1, 0.15) is 45.9 Å². The Hall–Kier alpha value is -3.31. The quantitative estimate of drug-likeness (QED) is 0.586. The normalized spacial score (nSPS) is 17.6. The predicted octanol–water partition coefficient (Wildman–Crippen LogP) is 5.39. The second-order valence-electron chi connectivity index (χ2n) is 8.17. The smallest absolute Gasteiger partial charge is 0.261 e. The van der Waals surface area contributed by atoms with E-state index in [2.05, 4.69) is 23.5 Å². The monoisotopic (exact) mass is 446 g/mol. The van der Waals surface area contributed by atoms with Crippen LogP contribution in [0.25, 0.3) is 0 Å². The first-order valence-corrected chi connectivity index (χ1v) is 11.2. The van der Waals surface area contributed by atoms with Crippen LogP contribution < -0.4 is 10.1 Å². The summed E-state index contributed by atoms with van der Waals surface area (Å²) in [6.45, 7) is 0.444. The van der Waals surface area contributed by atoms with Crippen molar-refractivity contribution in [3.05, 3.63) is 94.0 Å². The van der Waals surface area contributed by atoms with Gasteiger partial charge in [-0.1, -0.05) is 48.0 Å². The summed E-state index contributed by atoms with van der Waals surface area (Å²) >= 11 is 6.16. The maximum Gasteiger partial charge on any atom is 0.261 e. The number of hydrogen-bond acceptors (Lipinski definition) is 3. The highest BCUT2D eigenvalue weighted by atomic mass is 35.5. The van der Waals surface area contributed by atoms with Crippen molar-refractivity contribution >= 4 is 29.1 Å². The highest BCUT2D eigenvalue weighted by Gasteiger charge is 2.32. The fraction of sp³-hybridized carbons (Fsp3) is 0.231. The molecule has 1 atom stereocenters. The number of anilines is 1. The Morgan fingerprint density at radius 2 is 1.84 bits per heavy atom. The molecule has 5 rings (SSSR count). The van der Waals surface area contributed by atoms with Gasteiger partial charge in [0.15, 0.2) is 6.61 Å². The van der Waals surface area contributed by atoms with Crippen LogP contribution in [0, 0.1) is 0 Å². The van der Waals surface area contributed by atoms with Gasteiger partial charge in [-0.2, -0.15) is 0 Å². The van der Waals surface area contributed by atoms with E-state index in [0.717, 1.165) is 24.8 Å². The second kappa shape index (κ2) is 8.67. The number of nitrogens with one attached hydrogen (secondary N) is 1. The Bertz CT molecular complexity index is 1190. The number of benzene rings is 3. The Kier molecular flexibility index (Phi) is 5.58. The molecule has 1 N–H and O–H groups in total. The summed E-state index contributed by atoms with van der Waals surface area (Å²) in [5.41, 5.74) is 4.45. The van der Waals surface area contributed by atoms with Crippen LogP contribution in [0.3, 0.4) is 0 Å². The Labute approximate surface area is 192 Å². The second-order valence-corrected chi connectivity index (χ2v) is 8.58. The fourth-order valence-corrected chi connectivity index (χ4v) is 4.82. The van der Waals surface area contributed by atoms with Crippen LogP contribution in [0.2, 0.25) is 5.02 Å². The SMILES string of the molecule is O=C(Nc1ccc2c(c1)CN(C1CCCc3ccccc31)C(=O)CO2)c1ccccc1Cl. The molecule has 0 spiro atoms. The van der Waals surface area contributed by atoms with Crippen LogP contribution in [-0.4, -0.2) is 23.3 Å². The van der Waals surface area contributed by atoms with E-state index < -0.39 is 0 Å². The minimum atomic E-state index is -0.278. The highest BCUT2D eigenvalue weighted by Crippen LogP contribution is 2.37. The highest BCUT2D eigenvalue weighted by molar-refractivity contribution is 6.34. The number of rotatable bonds is 3. The Morgan fingerprint density at radius 1 is 1.03 bits per heavy atom. The van der Waals surface area contributed by atoms with Gasteiger partial charge >= 0.3 is 0 Å². The molecule has 0 saturated heterocycles. The minimum absolute atomic E-state index is 0.0109. The van der Waals surface area contributed by atoms with Gasteiger partial charge in [-0.05, 0) is 60.7 Å². The van der Waals surface area contributed by atoms with Gasteiger partial charge < -0.3 is 15.0 Å². The van der Waals surface area contributed by atoms with Crippen molar-refractivity contribution in [2.24, 2.45) is 0 Å². The molecular formula is C26H23ClN2O3. The van der Waals surface area contributed by atoms with Crippen LogP contribution in [0.4, 0.5) is 5.69 Å². The average molecular weight is 447 g/mol. The third-order valence-electron chi connectivity index (χ3n) is 6.16. The molecule has 6 heteroatoms. The lowest BCUT2D eigenvalue weighted by Crippen LogP contribution is -2.37. The predicted molar refractivity (Wildman–Crippen MR) is 124 cm³/mol. The summed E-state index contributed by atoms with van der Waals surface area (Å²) in [5.74, 6) is 0.365. The lowest BCUT2D eigenvalue weighted by Gasteiger charge is -2.35. The number of carbonyl (C=O) groups excluding carboxylic acids is 2. The molecule has 0 bridgehead atoms. The molecule has 162 valence electrons. The van der Waals surface area contributed by atoms with Gasteiger partial charge in [0.05, 0.1) is 23.2 Å². The summed E-state index contributed by atoms with van der Waals surface area (Å²) in [6, 6.07) is 20.8. The largest absolute Gasteiger partial charge is 0.483 e. The van der Waals surface area contributed by atoms with Crippen molar-refractivity contribution in [3.8, 4) is 5.75 Å². The summed E-state index contributed by atoms with van der Waals surface area (Å²) in [7, 11) is 0. The summed E-state index contributed by atoms with van der Waals surface area (Å²) in [4.78, 5) is 27.6. The van der Waals surface area contributed by atoms with E-state index in [1.54, 1.807) is 30.3 Å². The summed E-state index contributed by atoms with van der Waals surface area (Å²) in [5, 5.41) is 3.31. The molecule has 0 radical (unpaired) electrons. The van der Waals surface area contributed by atoms with Crippen LogP contribution >= 0.6 is 11.6 Å². The average Bonchev–Trinajstić information content (AvgIpc) is 2.97. The maximum absolute atomic E-state index is 13.0. The van der Waals surface area contributed by atoms with Gasteiger partial charge in [0, 0.05) is 11.3 Å². The first-order valence-electron chi connectivity index (χ1n) is 10.8. The Morgan fingerprint density at radius 3 is 2.72 bits per heavy atom. The number of ether oxygens (including phenoxy) is 1. The molecule has 32 heavy (non-hydrogen) atoms. The topological polar surface area (TPSA) is 58.6 Å². The molecule has 2 amide bonds. The molecule has 5 nitrogen and oxygen atoms in total. The molecule has 0 saturated carbocycles. The molecule has 2 aliphatic rings. The number of halogens is 1. The molecule has 1 heterocycles. The number of amides is 2. The van der Waals surface area contributed by atoms with Crippen molar-refractivity contribution in [3.63, 3.8) is 0 Å². The number of hydrogen-bond donors (Lipinski definition) is 1. The molecule has 1 aliphatic heterocycles. The van der Waals surface area contributed by atoms with Gasteiger partial charge in [0.25, 0.3) is 11.8 Å². The van der Waals surface area contributed by atoms with E-state index in [0.29, 0.717) is 28.6 Å². The molecule has 0 aromatic heterocycles. The first-order chi connectivity index (χ1) is 15.6. The number of aryl methyl sites for hydroxylation is 1. The fourth-order valence-electron chi connectivity index (χ4n) is 4.60. The third-order valence-corrected chi connectivity index (χ3v) is 6.49. The van der Waals surface area contributed by atoms with E-state index in [1.165, 1.54) is 11.1 Å². The van der Waals surface area contributed by atoms with Crippen molar-refractivity contribution in [2.75, 3.05) is 11.9 Å². The maximum atomic E-state index is 13.0. The van der Waals surface area contributed by atoms with E-state index in [1.807, 2.05) is 23.1 Å². The van der Waals surface area contributed by atoms with Crippen molar-refractivity contribution in [1.82, 2.24) is 4.90 Å². The van der Waals surface area contributed by atoms with E-state index in [9.17, 15) is 9.59 Å². The Balaban J connectivity index is 1.42. The van der Waals surface area contributed by atoms with Gasteiger partial charge in [-0.15, -0.1) is 0 Å². The van der Waals surface area contributed by atoms with Gasteiger partial charge in [0.2, 0.25) is 0 Å². The van der Waals surface area contributed by atoms with E-state index in [-0.39, 0.29) is 24.5 Å². The van der Waals surface area contributed by atoms with Crippen molar-refractivity contribution in [2.45, 2.75) is 31.8 Å². The lowest BCUT2D eigenvalue weighted by molar-refractivity contribution is -0.136. The number of nitrogens with zero attached hydrogens (tertiary/aromatic N) is 1. The zero-order valence-corrected chi connectivity index (χ0v) is 18.3. The standard InChI is InChI=1S/C26H23ClN2O3/c27-22-10-4-3-9-21(22)26(31)28-19-12-13-24-18(14-19)15-29(25(30)16-32-24)23-11-5-7-17-6-1-2-8-20(17)23/h1-4,6,8-10,12-14,23H,5,7,11,15-16H2,(H,28,31). The van der Waals surface area contributed by atoms with Gasteiger partial charge in [0.1, 0.15) is 5.75 Å². The lowest BCUT2D eigenvalue weighted by atomic mass is 9.86. The van der Waals surface area contributed by atoms with Crippen molar-refractivity contribution < 1.29 is 14.3 Å². The van der Waals surface area contributed by atoms with E-state index in [4.69, 9.17) is 16.3 Å². The van der Waals surface area contributed by atoms with Gasteiger partial charge in [-0.25, -0.2) is 0 Å². The summed E-state index contributed by atoms with van der Waals surface area (Å²) < 4.78 is 5.81. The van der Waals surface area contributed by atoms with Crippen LogP contribution in [0.15, 0.2) is 66.7 Å². The zero-order chi connectivity index (χ0) is 22.1. The summed E-state index contributed by atoms with van der Waals surface area (Å²) in [6.07, 6.45) is 3.02. The van der Waals surface area contributed by atoms with Crippen LogP contribution in [-0.2, 0) is 17.8 Å². The van der Waals surface area contributed by atoms with Crippen molar-refractivity contribution in [1.29, 1.82) is 0 Å². The molecular weight excluding hydrogens is 424 g/mol. The zero-order valence-electron chi connectivity index (χ0n) is 17.5.